The quantitative estimate of drug-likeness (QED) is 0.678. The van der Waals surface area contributed by atoms with Crippen LogP contribution in [0.4, 0.5) is 0 Å². The summed E-state index contributed by atoms with van der Waals surface area (Å²) >= 11 is 13.8. The Morgan fingerprint density at radius 2 is 2.25 bits per heavy atom. The van der Waals surface area contributed by atoms with E-state index in [1.807, 2.05) is 28.4 Å². The molecular weight excluding hydrogens is 315 g/mol. The highest BCUT2D eigenvalue weighted by Gasteiger charge is 2.16. The number of nitrogens with zero attached hydrogens (tertiary/aromatic N) is 4. The summed E-state index contributed by atoms with van der Waals surface area (Å²) in [4.78, 5) is 13.2. The average molecular weight is 327 g/mol. The molecule has 0 aliphatic carbocycles. The molecule has 3 heterocycles. The molecule has 20 heavy (non-hydrogen) atoms. The van der Waals surface area contributed by atoms with Gasteiger partial charge >= 0.3 is 0 Å². The van der Waals surface area contributed by atoms with Gasteiger partial charge in [0.25, 0.3) is 0 Å². The lowest BCUT2D eigenvalue weighted by molar-refractivity contribution is 0.657. The second kappa shape index (κ2) is 5.68. The van der Waals surface area contributed by atoms with Crippen molar-refractivity contribution in [1.82, 2.24) is 19.5 Å². The molecule has 3 rings (SSSR count). The molecule has 1 atom stereocenters. The summed E-state index contributed by atoms with van der Waals surface area (Å²) in [5.41, 5.74) is 4.49. The van der Waals surface area contributed by atoms with Gasteiger partial charge in [0, 0.05) is 24.5 Å². The zero-order chi connectivity index (χ0) is 14.1. The van der Waals surface area contributed by atoms with E-state index in [1.165, 1.54) is 0 Å². The van der Waals surface area contributed by atoms with Gasteiger partial charge in [-0.25, -0.2) is 15.0 Å². The Bertz CT molecular complexity index is 721. The van der Waals surface area contributed by atoms with Gasteiger partial charge in [0.15, 0.2) is 5.65 Å². The third-order valence-corrected chi connectivity index (χ3v) is 4.05. The molecule has 0 bridgehead atoms. The lowest BCUT2D eigenvalue weighted by Crippen LogP contribution is -2.07. The summed E-state index contributed by atoms with van der Waals surface area (Å²) in [6.07, 6.45) is 2.46. The monoisotopic (exact) mass is 326 g/mol. The molecule has 0 spiro atoms. The van der Waals surface area contributed by atoms with Gasteiger partial charge in [-0.1, -0.05) is 11.6 Å². The number of hydrogen-bond donors (Lipinski definition) is 0. The molecule has 3 aromatic rings. The number of aromatic nitrogens is 4. The third kappa shape index (κ3) is 2.66. The molecule has 4 nitrogen and oxygen atoms in total. The van der Waals surface area contributed by atoms with Crippen LogP contribution in [0.5, 0.6) is 0 Å². The molecule has 0 amide bonds. The Balaban J connectivity index is 2.00. The maximum absolute atomic E-state index is 6.22. The summed E-state index contributed by atoms with van der Waals surface area (Å²) in [5, 5.41) is 2.45. The van der Waals surface area contributed by atoms with E-state index in [0.29, 0.717) is 5.02 Å². The Morgan fingerprint density at radius 3 is 2.95 bits per heavy atom. The summed E-state index contributed by atoms with van der Waals surface area (Å²) in [6.45, 7) is 2.66. The van der Waals surface area contributed by atoms with Crippen LogP contribution in [0.3, 0.4) is 0 Å². The fraction of sp³-hybridized carbons (Fsp3) is 0.308. The van der Waals surface area contributed by atoms with E-state index in [1.54, 1.807) is 17.5 Å². The fourth-order valence-electron chi connectivity index (χ4n) is 2.12. The maximum atomic E-state index is 6.22. The zero-order valence-electron chi connectivity index (χ0n) is 10.8. The molecule has 0 fully saturated rings. The van der Waals surface area contributed by atoms with Gasteiger partial charge in [-0.15, -0.1) is 22.9 Å². The van der Waals surface area contributed by atoms with Gasteiger partial charge in [0.2, 0.25) is 0 Å². The average Bonchev–Trinajstić information content (AvgIpc) is 3.02. The largest absolute Gasteiger partial charge is 0.311 e. The Kier molecular flexibility index (Phi) is 3.92. The Labute approximate surface area is 130 Å². The Hall–Kier alpha value is -1.17. The first-order valence-electron chi connectivity index (χ1n) is 6.18. The van der Waals surface area contributed by atoms with Gasteiger partial charge in [0.1, 0.15) is 11.3 Å². The van der Waals surface area contributed by atoms with Gasteiger partial charge < -0.3 is 4.57 Å². The van der Waals surface area contributed by atoms with Crippen LogP contribution in [0, 0.1) is 0 Å². The molecule has 0 radical (unpaired) electrons. The van der Waals surface area contributed by atoms with Crippen molar-refractivity contribution in [3.8, 4) is 0 Å². The number of pyridine rings is 1. The van der Waals surface area contributed by atoms with Crippen LogP contribution in [0.15, 0.2) is 23.2 Å². The van der Waals surface area contributed by atoms with Crippen LogP contribution in [-0.2, 0) is 13.0 Å². The van der Waals surface area contributed by atoms with E-state index < -0.39 is 0 Å². The highest BCUT2D eigenvalue weighted by atomic mass is 35.5. The highest BCUT2D eigenvalue weighted by molar-refractivity contribution is 7.07. The molecule has 0 N–H and O–H groups in total. The molecule has 3 aromatic heterocycles. The van der Waals surface area contributed by atoms with Gasteiger partial charge in [-0.3, -0.25) is 0 Å². The minimum Gasteiger partial charge on any atom is -0.311 e. The van der Waals surface area contributed by atoms with Gasteiger partial charge in [-0.2, -0.15) is 0 Å². The molecule has 0 aliphatic rings. The molecule has 0 saturated heterocycles. The van der Waals surface area contributed by atoms with Crippen LogP contribution < -0.4 is 0 Å². The second-order valence-electron chi connectivity index (χ2n) is 4.46. The smallest absolute Gasteiger partial charge is 0.160 e. The normalized spacial score (nSPS) is 12.9. The summed E-state index contributed by atoms with van der Waals surface area (Å²) in [7, 11) is 0. The number of halogens is 2. The van der Waals surface area contributed by atoms with Crippen molar-refractivity contribution in [2.24, 2.45) is 0 Å². The first-order chi connectivity index (χ1) is 9.65. The van der Waals surface area contributed by atoms with Gasteiger partial charge in [0.05, 0.1) is 21.6 Å². The first-order valence-corrected chi connectivity index (χ1v) is 7.93. The molecule has 0 aliphatic heterocycles. The highest BCUT2D eigenvalue weighted by Crippen LogP contribution is 2.25. The number of alkyl halides is 1. The molecule has 0 saturated carbocycles. The van der Waals surface area contributed by atoms with Crippen LogP contribution in [0.1, 0.15) is 23.8 Å². The van der Waals surface area contributed by atoms with Crippen molar-refractivity contribution < 1.29 is 0 Å². The van der Waals surface area contributed by atoms with Crippen LogP contribution >= 0.6 is 34.5 Å². The van der Waals surface area contributed by atoms with E-state index in [4.69, 9.17) is 23.2 Å². The van der Waals surface area contributed by atoms with Crippen molar-refractivity contribution in [2.75, 3.05) is 0 Å². The third-order valence-electron chi connectivity index (χ3n) is 3.01. The van der Waals surface area contributed by atoms with Crippen molar-refractivity contribution in [3.63, 3.8) is 0 Å². The van der Waals surface area contributed by atoms with Crippen LogP contribution in [-0.4, -0.2) is 19.5 Å². The van der Waals surface area contributed by atoms with Crippen molar-refractivity contribution in [2.45, 2.75) is 25.3 Å². The van der Waals surface area contributed by atoms with Gasteiger partial charge in [-0.05, 0) is 13.0 Å². The van der Waals surface area contributed by atoms with E-state index >= 15 is 0 Å². The second-order valence-corrected chi connectivity index (χ2v) is 6.27. The minimum absolute atomic E-state index is 0.182. The molecule has 104 valence electrons. The SMILES string of the molecule is CC(Cl)c1nc2cc(Cl)cnc2n1CCc1cscn1. The van der Waals surface area contributed by atoms with E-state index in [-0.39, 0.29) is 5.38 Å². The molecule has 0 aromatic carbocycles. The predicted octanol–water partition coefficient (Wildman–Crippen LogP) is 4.08. The van der Waals surface area contributed by atoms with Crippen molar-refractivity contribution in [1.29, 1.82) is 0 Å². The molecular formula is C13H12Cl2N4S. The van der Waals surface area contributed by atoms with Crippen molar-refractivity contribution >= 4 is 45.7 Å². The lowest BCUT2D eigenvalue weighted by Gasteiger charge is -2.08. The van der Waals surface area contributed by atoms with Crippen molar-refractivity contribution in [3.05, 3.63) is 39.7 Å². The number of aryl methyl sites for hydroxylation is 2. The summed E-state index contributed by atoms with van der Waals surface area (Å²) in [6, 6.07) is 1.81. The predicted molar refractivity (Wildman–Crippen MR) is 82.6 cm³/mol. The number of rotatable bonds is 4. The maximum Gasteiger partial charge on any atom is 0.160 e. The standard InChI is InChI=1S/C13H12Cl2N4S/c1-8(14)12-18-11-4-9(15)5-16-13(11)19(12)3-2-10-6-20-7-17-10/h4-8H,2-3H2,1H3. The zero-order valence-corrected chi connectivity index (χ0v) is 13.1. The van der Waals surface area contributed by atoms with E-state index in [2.05, 4.69) is 15.0 Å². The molecule has 7 heteroatoms. The van der Waals surface area contributed by atoms with Crippen LogP contribution in [0.2, 0.25) is 5.02 Å². The number of imidazole rings is 1. The van der Waals surface area contributed by atoms with E-state index in [9.17, 15) is 0 Å². The molecule has 1 unspecified atom stereocenters. The Morgan fingerprint density at radius 1 is 1.40 bits per heavy atom. The fourth-order valence-corrected chi connectivity index (χ4v) is 3.03. The topological polar surface area (TPSA) is 43.6 Å². The first kappa shape index (κ1) is 13.8. The summed E-state index contributed by atoms with van der Waals surface area (Å²) < 4.78 is 2.04. The lowest BCUT2D eigenvalue weighted by atomic mass is 10.3. The minimum atomic E-state index is -0.182. The summed E-state index contributed by atoms with van der Waals surface area (Å²) in [5.74, 6) is 0.812. The van der Waals surface area contributed by atoms with Crippen LogP contribution in [0.25, 0.3) is 11.2 Å². The number of thiazole rings is 1. The number of hydrogen-bond acceptors (Lipinski definition) is 4. The van der Waals surface area contributed by atoms with E-state index in [0.717, 1.165) is 35.6 Å². The number of fused-ring (bicyclic) bond motifs is 1.